The molecule has 2 aromatic rings. The van der Waals surface area contributed by atoms with Crippen LogP contribution in [-0.4, -0.2) is 52.1 Å². The Bertz CT molecular complexity index is 1100. The fourth-order valence-electron chi connectivity index (χ4n) is 5.35. The average Bonchev–Trinajstić information content (AvgIpc) is 3.51. The van der Waals surface area contributed by atoms with Crippen LogP contribution >= 0.6 is 0 Å². The molecule has 7 nitrogen and oxygen atoms in total. The Morgan fingerprint density at radius 3 is 2.52 bits per heavy atom. The van der Waals surface area contributed by atoms with Gasteiger partial charge in [0.05, 0.1) is 18.7 Å². The van der Waals surface area contributed by atoms with Gasteiger partial charge in [0.1, 0.15) is 17.7 Å². The van der Waals surface area contributed by atoms with Crippen LogP contribution in [0.15, 0.2) is 36.3 Å². The molecule has 0 radical (unpaired) electrons. The summed E-state index contributed by atoms with van der Waals surface area (Å²) >= 11 is 0. The van der Waals surface area contributed by atoms with Gasteiger partial charge in [-0.2, -0.15) is 0 Å². The van der Waals surface area contributed by atoms with Crippen molar-refractivity contribution in [2.24, 2.45) is 5.73 Å². The third-order valence-corrected chi connectivity index (χ3v) is 7.27. The van der Waals surface area contributed by atoms with Gasteiger partial charge in [0.15, 0.2) is 5.82 Å². The van der Waals surface area contributed by atoms with E-state index in [0.717, 1.165) is 36.8 Å². The molecule has 3 atom stereocenters. The number of rotatable bonds is 5. The van der Waals surface area contributed by atoms with Gasteiger partial charge >= 0.3 is 0 Å². The Labute approximate surface area is 192 Å². The molecule has 1 amide bonds. The fourth-order valence-corrected chi connectivity index (χ4v) is 5.35. The number of piperidine rings is 1. The number of carbonyl (C=O) groups is 1. The number of hydrogen-bond acceptors (Lipinski definition) is 6. The van der Waals surface area contributed by atoms with Crippen LogP contribution in [0.4, 0.5) is 4.39 Å². The minimum Gasteiger partial charge on any atom is -0.489 e. The minimum atomic E-state index is -0.414. The number of amides is 1. The Hall–Kier alpha value is -3.00. The predicted octanol–water partition coefficient (Wildman–Crippen LogP) is 2.98. The van der Waals surface area contributed by atoms with Gasteiger partial charge < -0.3 is 20.7 Å². The van der Waals surface area contributed by atoms with Crippen LogP contribution in [0.1, 0.15) is 66.2 Å². The number of fused-ring (bicyclic) bond motifs is 2. The molecule has 8 heteroatoms. The van der Waals surface area contributed by atoms with Gasteiger partial charge in [-0.1, -0.05) is 0 Å². The molecule has 1 aromatic carbocycles. The van der Waals surface area contributed by atoms with Gasteiger partial charge in [-0.15, -0.1) is 0 Å². The molecule has 4 aliphatic rings. The van der Waals surface area contributed by atoms with E-state index in [1.54, 1.807) is 4.90 Å². The zero-order chi connectivity index (χ0) is 22.5. The van der Waals surface area contributed by atoms with Crippen LogP contribution in [0.3, 0.4) is 0 Å². The average molecular weight is 450 g/mol. The second-order valence-electron chi connectivity index (χ2n) is 9.77. The molecule has 4 heterocycles. The molecule has 0 spiro atoms. The molecule has 6 rings (SSSR count). The third-order valence-electron chi connectivity index (χ3n) is 7.27. The Balaban J connectivity index is 1.19. The summed E-state index contributed by atoms with van der Waals surface area (Å²) in [5.41, 5.74) is 9.16. The number of hydrogen-bond donors (Lipinski definition) is 2. The third kappa shape index (κ3) is 4.08. The van der Waals surface area contributed by atoms with Gasteiger partial charge in [0.2, 0.25) is 0 Å². The van der Waals surface area contributed by atoms with Crippen LogP contribution in [0, 0.1) is 5.82 Å². The van der Waals surface area contributed by atoms with E-state index in [4.69, 9.17) is 10.5 Å². The summed E-state index contributed by atoms with van der Waals surface area (Å²) in [6.07, 6.45) is 10.1. The summed E-state index contributed by atoms with van der Waals surface area (Å²) < 4.78 is 20.3. The van der Waals surface area contributed by atoms with Crippen LogP contribution in [-0.2, 0) is 0 Å². The van der Waals surface area contributed by atoms with Crippen LogP contribution in [0.25, 0.3) is 5.57 Å². The van der Waals surface area contributed by atoms with Crippen molar-refractivity contribution >= 4 is 11.5 Å². The number of benzene rings is 1. The highest BCUT2D eigenvalue weighted by molar-refractivity contribution is 5.98. The highest BCUT2D eigenvalue weighted by atomic mass is 19.1. The summed E-state index contributed by atoms with van der Waals surface area (Å²) in [4.78, 5) is 24.1. The molecule has 33 heavy (non-hydrogen) atoms. The molecule has 2 bridgehead atoms. The number of nitrogens with two attached hydrogens (primary N) is 1. The minimum absolute atomic E-state index is 0.0205. The maximum absolute atomic E-state index is 14.1. The first kappa shape index (κ1) is 20.6. The smallest absolute Gasteiger partial charge is 0.258 e. The standard InChI is InChI=1S/C25H28FN5O2/c26-16-3-6-20(23(7-16)33-19-8-17-4-5-18(9-19)30-17)25(32)31-12-21(22(27)13-31)24-28-10-15(11-29-24)14-1-2-14/h3,6-7,10-11,14,17-19,30H,1-2,4-5,8-9,12-13,27H2/t17-,18+,19?. The molecule has 3 N–H and O–H groups in total. The molecule has 172 valence electrons. The van der Waals surface area contributed by atoms with E-state index in [1.807, 2.05) is 12.4 Å². The molecule has 1 aromatic heterocycles. The topological polar surface area (TPSA) is 93.4 Å². The molecule has 1 aliphatic carbocycles. The normalized spacial score (nSPS) is 26.7. The molecular formula is C25H28FN5O2. The predicted molar refractivity (Wildman–Crippen MR) is 121 cm³/mol. The Kier molecular flexibility index (Phi) is 5.05. The first-order chi connectivity index (χ1) is 16.0. The number of nitrogens with zero attached hydrogens (tertiary/aromatic N) is 3. The van der Waals surface area contributed by atoms with Crippen LogP contribution in [0.5, 0.6) is 5.75 Å². The highest BCUT2D eigenvalue weighted by Crippen LogP contribution is 2.39. The van der Waals surface area contributed by atoms with Gasteiger partial charge in [-0.25, -0.2) is 14.4 Å². The van der Waals surface area contributed by atoms with Crippen molar-refractivity contribution in [3.63, 3.8) is 0 Å². The first-order valence-electron chi connectivity index (χ1n) is 11.8. The van der Waals surface area contributed by atoms with E-state index in [-0.39, 0.29) is 18.6 Å². The summed E-state index contributed by atoms with van der Waals surface area (Å²) in [7, 11) is 0. The second-order valence-corrected chi connectivity index (χ2v) is 9.77. The zero-order valence-electron chi connectivity index (χ0n) is 18.5. The van der Waals surface area contributed by atoms with E-state index < -0.39 is 5.82 Å². The van der Waals surface area contributed by atoms with Crippen LogP contribution < -0.4 is 15.8 Å². The summed E-state index contributed by atoms with van der Waals surface area (Å²) in [6.45, 7) is 0.609. The number of aromatic nitrogens is 2. The Morgan fingerprint density at radius 2 is 1.82 bits per heavy atom. The van der Waals surface area contributed by atoms with Gasteiger partial charge in [-0.3, -0.25) is 4.79 Å². The maximum atomic E-state index is 14.1. The number of halogens is 1. The largest absolute Gasteiger partial charge is 0.489 e. The zero-order valence-corrected chi connectivity index (χ0v) is 18.5. The summed E-state index contributed by atoms with van der Waals surface area (Å²) in [5.74, 6) is 0.812. The molecule has 2 saturated heterocycles. The molecule has 1 saturated carbocycles. The summed E-state index contributed by atoms with van der Waals surface area (Å²) in [5, 5.41) is 3.58. The maximum Gasteiger partial charge on any atom is 0.258 e. The quantitative estimate of drug-likeness (QED) is 0.729. The van der Waals surface area contributed by atoms with Crippen molar-refractivity contribution in [2.75, 3.05) is 13.1 Å². The van der Waals surface area contributed by atoms with E-state index in [0.29, 0.717) is 47.4 Å². The lowest BCUT2D eigenvalue weighted by Crippen LogP contribution is -2.42. The van der Waals surface area contributed by atoms with Crippen LogP contribution in [0.2, 0.25) is 0 Å². The number of carbonyl (C=O) groups excluding carboxylic acids is 1. The molecular weight excluding hydrogens is 421 g/mol. The van der Waals surface area contributed by atoms with Crippen molar-refractivity contribution in [3.05, 3.63) is 59.1 Å². The summed E-state index contributed by atoms with van der Waals surface area (Å²) in [6, 6.07) is 5.03. The van der Waals surface area contributed by atoms with Crippen molar-refractivity contribution in [2.45, 2.75) is 62.6 Å². The molecule has 3 fully saturated rings. The van der Waals surface area contributed by atoms with E-state index in [9.17, 15) is 9.18 Å². The van der Waals surface area contributed by atoms with Crippen molar-refractivity contribution in [1.82, 2.24) is 20.2 Å². The number of ether oxygens (including phenoxy) is 1. The highest BCUT2D eigenvalue weighted by Gasteiger charge is 2.36. The first-order valence-corrected chi connectivity index (χ1v) is 11.8. The molecule has 1 unspecified atom stereocenters. The van der Waals surface area contributed by atoms with E-state index >= 15 is 0 Å². The monoisotopic (exact) mass is 449 g/mol. The van der Waals surface area contributed by atoms with Gasteiger partial charge in [0, 0.05) is 41.8 Å². The second kappa shape index (κ2) is 8.09. The van der Waals surface area contributed by atoms with Crippen molar-refractivity contribution in [3.8, 4) is 5.75 Å². The SMILES string of the molecule is NC1=C(c2ncc(C3CC3)cn2)CN(C(=O)c2ccc(F)cc2OC2C[C@H]3CC[C@@H](C2)N3)C1. The lowest BCUT2D eigenvalue weighted by Gasteiger charge is -2.30. The van der Waals surface area contributed by atoms with Gasteiger partial charge in [-0.05, 0) is 62.1 Å². The fraction of sp³-hybridized carbons (Fsp3) is 0.480. The number of nitrogens with one attached hydrogen (secondary N) is 1. The Morgan fingerprint density at radius 1 is 1.09 bits per heavy atom. The molecule has 3 aliphatic heterocycles. The van der Waals surface area contributed by atoms with E-state index in [1.165, 1.54) is 31.0 Å². The lowest BCUT2D eigenvalue weighted by atomic mass is 10.0. The van der Waals surface area contributed by atoms with Gasteiger partial charge in [0.25, 0.3) is 5.91 Å². The lowest BCUT2D eigenvalue weighted by molar-refractivity contribution is 0.0785. The van der Waals surface area contributed by atoms with E-state index in [2.05, 4.69) is 15.3 Å². The van der Waals surface area contributed by atoms with Crippen molar-refractivity contribution in [1.29, 1.82) is 0 Å². The van der Waals surface area contributed by atoms with Crippen molar-refractivity contribution < 1.29 is 13.9 Å².